The second kappa shape index (κ2) is 8.04. The van der Waals surface area contributed by atoms with Crippen molar-refractivity contribution in [3.05, 3.63) is 52.4 Å². The molecule has 1 aromatic carbocycles. The van der Waals surface area contributed by atoms with E-state index in [1.165, 1.54) is 12.4 Å². The van der Waals surface area contributed by atoms with E-state index in [9.17, 15) is 15.3 Å². The summed E-state index contributed by atoms with van der Waals surface area (Å²) >= 11 is 11.9. The molecule has 29 heavy (non-hydrogen) atoms. The number of aromatic nitrogens is 3. The van der Waals surface area contributed by atoms with E-state index in [1.54, 1.807) is 36.0 Å². The van der Waals surface area contributed by atoms with E-state index < -0.39 is 30.6 Å². The highest BCUT2D eigenvalue weighted by molar-refractivity contribution is 6.42. The van der Waals surface area contributed by atoms with Gasteiger partial charge in [-0.2, -0.15) is 0 Å². The summed E-state index contributed by atoms with van der Waals surface area (Å²) in [7, 11) is 1.71. The molecule has 3 aromatic rings. The van der Waals surface area contributed by atoms with Gasteiger partial charge in [-0.15, -0.1) is 0 Å². The maximum Gasteiger partial charge on any atom is 0.164 e. The van der Waals surface area contributed by atoms with Crippen molar-refractivity contribution in [2.45, 2.75) is 30.6 Å². The first kappa shape index (κ1) is 20.3. The average molecular weight is 440 g/mol. The number of hydrazine groups is 1. The Balaban J connectivity index is 1.64. The number of rotatable bonds is 5. The molecule has 9 nitrogen and oxygen atoms in total. The lowest BCUT2D eigenvalue weighted by Gasteiger charge is -2.21. The predicted octanol–water partition coefficient (Wildman–Crippen LogP) is 1.64. The molecule has 1 aliphatic heterocycles. The van der Waals surface area contributed by atoms with Gasteiger partial charge in [-0.1, -0.05) is 29.3 Å². The van der Waals surface area contributed by atoms with Crippen LogP contribution in [0.15, 0.2) is 36.8 Å². The highest BCUT2D eigenvalue weighted by Crippen LogP contribution is 2.38. The number of aliphatic hydroxyl groups is 3. The Morgan fingerprint density at radius 1 is 1.14 bits per heavy atom. The van der Waals surface area contributed by atoms with Gasteiger partial charge in [-0.3, -0.25) is 0 Å². The minimum atomic E-state index is -1.33. The van der Waals surface area contributed by atoms with Gasteiger partial charge >= 0.3 is 0 Å². The molecule has 1 aliphatic rings. The van der Waals surface area contributed by atoms with E-state index >= 15 is 0 Å². The number of benzene rings is 1. The van der Waals surface area contributed by atoms with Crippen molar-refractivity contribution in [2.24, 2.45) is 0 Å². The quantitative estimate of drug-likeness (QED) is 0.380. The summed E-state index contributed by atoms with van der Waals surface area (Å²) in [5.41, 5.74) is 6.61. The van der Waals surface area contributed by atoms with Gasteiger partial charge in [0.25, 0.3) is 0 Å². The van der Waals surface area contributed by atoms with Crippen molar-refractivity contribution in [1.29, 1.82) is 0 Å². The molecule has 5 atom stereocenters. The maximum atomic E-state index is 10.7. The molecule has 5 N–H and O–H groups in total. The summed E-state index contributed by atoms with van der Waals surface area (Å²) in [5, 5.41) is 33.2. The fourth-order valence-electron chi connectivity index (χ4n) is 3.46. The van der Waals surface area contributed by atoms with Crippen molar-refractivity contribution in [1.82, 2.24) is 20.0 Å². The summed E-state index contributed by atoms with van der Waals surface area (Å²) in [4.78, 5) is 8.41. The van der Waals surface area contributed by atoms with Crippen molar-refractivity contribution in [3.63, 3.8) is 0 Å². The number of fused-ring (bicyclic) bond motifs is 1. The topological polar surface area (TPSA) is 125 Å². The van der Waals surface area contributed by atoms with Crippen LogP contribution in [0.25, 0.3) is 11.0 Å². The molecule has 11 heteroatoms. The molecule has 0 unspecified atom stereocenters. The molecule has 1 fully saturated rings. The first-order valence-electron chi connectivity index (χ1n) is 8.81. The third kappa shape index (κ3) is 3.55. The molecular weight excluding hydrogens is 421 g/mol. The van der Waals surface area contributed by atoms with E-state index in [0.29, 0.717) is 27.4 Å². The third-order valence-electron chi connectivity index (χ3n) is 4.90. The average Bonchev–Trinajstić information content (AvgIpc) is 3.26. The Labute approximate surface area is 175 Å². The number of anilines is 1. The van der Waals surface area contributed by atoms with Gasteiger partial charge < -0.3 is 30.0 Å². The predicted molar refractivity (Wildman–Crippen MR) is 108 cm³/mol. The second-order valence-corrected chi connectivity index (χ2v) is 7.46. The van der Waals surface area contributed by atoms with E-state index in [0.717, 1.165) is 0 Å². The number of nitrogens with one attached hydrogen (secondary N) is 2. The Hall–Kier alpha value is -1.98. The van der Waals surface area contributed by atoms with E-state index in [4.69, 9.17) is 27.9 Å². The van der Waals surface area contributed by atoms with Crippen LogP contribution in [0.4, 0.5) is 5.82 Å². The zero-order valence-corrected chi connectivity index (χ0v) is 16.7. The van der Waals surface area contributed by atoms with Crippen LogP contribution in [0.3, 0.4) is 0 Å². The van der Waals surface area contributed by atoms with Crippen LogP contribution in [-0.4, -0.2) is 55.2 Å². The van der Waals surface area contributed by atoms with Gasteiger partial charge in [0.05, 0.1) is 15.4 Å². The Morgan fingerprint density at radius 2 is 1.93 bits per heavy atom. The first-order chi connectivity index (χ1) is 13.9. The SMILES string of the molecule is CNNc1ncnc2c1ccn2[C@@H]1O[C@H]([C@H](O)c2ccc(Cl)c(Cl)c2)[C@@H](O)[C@H]1O. The smallest absolute Gasteiger partial charge is 0.164 e. The summed E-state index contributed by atoms with van der Waals surface area (Å²) in [5.74, 6) is 0.552. The first-order valence-corrected chi connectivity index (χ1v) is 9.57. The van der Waals surface area contributed by atoms with Crippen LogP contribution in [0, 0.1) is 0 Å². The van der Waals surface area contributed by atoms with Crippen LogP contribution < -0.4 is 10.9 Å². The van der Waals surface area contributed by atoms with Gasteiger partial charge in [-0.25, -0.2) is 15.4 Å². The fraction of sp³-hybridized carbons (Fsp3) is 0.333. The van der Waals surface area contributed by atoms with Crippen LogP contribution in [-0.2, 0) is 4.74 Å². The molecule has 0 radical (unpaired) electrons. The van der Waals surface area contributed by atoms with Crippen LogP contribution in [0.2, 0.25) is 10.0 Å². The van der Waals surface area contributed by atoms with E-state index in [1.807, 2.05) is 0 Å². The lowest BCUT2D eigenvalue weighted by molar-refractivity contribution is -0.0848. The molecule has 154 valence electrons. The summed E-state index contributed by atoms with van der Waals surface area (Å²) in [6.07, 6.45) is -2.84. The van der Waals surface area contributed by atoms with Gasteiger partial charge in [0.15, 0.2) is 12.0 Å². The molecule has 3 heterocycles. The molecular formula is C18H19Cl2N5O4. The summed E-state index contributed by atoms with van der Waals surface area (Å²) in [6, 6.07) is 6.39. The Bertz CT molecular complexity index is 1030. The molecule has 0 spiro atoms. The number of ether oxygens (including phenoxy) is 1. The van der Waals surface area contributed by atoms with Crippen molar-refractivity contribution in [2.75, 3.05) is 12.5 Å². The number of hydrogen-bond acceptors (Lipinski definition) is 8. The summed E-state index contributed by atoms with van der Waals surface area (Å²) < 4.78 is 7.46. The zero-order valence-electron chi connectivity index (χ0n) is 15.2. The molecule has 0 amide bonds. The fourth-order valence-corrected chi connectivity index (χ4v) is 3.76. The standard InChI is InChI=1S/C18H19Cl2N5O4/c1-21-24-16-9-4-5-25(17(9)23-7-22-16)18-14(28)13(27)15(29-18)12(26)8-2-3-10(19)11(20)6-8/h2-7,12-15,18,21,26-28H,1H3,(H,22,23,24)/t12-,13+,14-,15-,18-/m1/s1. The molecule has 2 aromatic heterocycles. The van der Waals surface area contributed by atoms with Crippen molar-refractivity contribution in [3.8, 4) is 0 Å². The van der Waals surface area contributed by atoms with Crippen molar-refractivity contribution < 1.29 is 20.1 Å². The normalized spacial score (nSPS) is 25.4. The van der Waals surface area contributed by atoms with Gasteiger partial charge in [-0.05, 0) is 23.8 Å². The molecule has 0 aliphatic carbocycles. The maximum absolute atomic E-state index is 10.7. The van der Waals surface area contributed by atoms with Crippen LogP contribution >= 0.6 is 23.2 Å². The minimum Gasteiger partial charge on any atom is -0.387 e. The Morgan fingerprint density at radius 3 is 2.66 bits per heavy atom. The Kier molecular flexibility index (Phi) is 5.63. The van der Waals surface area contributed by atoms with Gasteiger partial charge in [0, 0.05) is 13.2 Å². The van der Waals surface area contributed by atoms with E-state index in [2.05, 4.69) is 20.8 Å². The van der Waals surface area contributed by atoms with Gasteiger partial charge in [0.1, 0.15) is 36.4 Å². The minimum absolute atomic E-state index is 0.269. The molecule has 1 saturated heterocycles. The summed E-state index contributed by atoms with van der Waals surface area (Å²) in [6.45, 7) is 0. The number of aliphatic hydroxyl groups excluding tert-OH is 3. The lowest BCUT2D eigenvalue weighted by Crippen LogP contribution is -2.34. The monoisotopic (exact) mass is 439 g/mol. The highest BCUT2D eigenvalue weighted by Gasteiger charge is 2.47. The molecule has 0 bridgehead atoms. The van der Waals surface area contributed by atoms with Crippen LogP contribution in [0.1, 0.15) is 17.9 Å². The second-order valence-electron chi connectivity index (χ2n) is 6.65. The zero-order chi connectivity index (χ0) is 20.7. The largest absolute Gasteiger partial charge is 0.387 e. The van der Waals surface area contributed by atoms with Gasteiger partial charge in [0.2, 0.25) is 0 Å². The van der Waals surface area contributed by atoms with E-state index in [-0.39, 0.29) is 5.02 Å². The third-order valence-corrected chi connectivity index (χ3v) is 5.64. The number of halogens is 2. The lowest BCUT2D eigenvalue weighted by atomic mass is 9.99. The molecule has 0 saturated carbocycles. The number of nitrogens with zero attached hydrogens (tertiary/aromatic N) is 3. The van der Waals surface area contributed by atoms with Crippen molar-refractivity contribution >= 4 is 40.1 Å². The molecule has 4 rings (SSSR count). The van der Waals surface area contributed by atoms with Crippen LogP contribution in [0.5, 0.6) is 0 Å². The highest BCUT2D eigenvalue weighted by atomic mass is 35.5. The number of hydrogen-bond donors (Lipinski definition) is 5.